The Balaban J connectivity index is 2.12. The standard InChI is InChI=1S/C17H15O/c18-9-3-4-13-7-8-16-11-14-5-1-2-6-15(14)12-17(16)10-13/h1-2,5-8,10-12H,3-4,9H2. The summed E-state index contributed by atoms with van der Waals surface area (Å²) >= 11 is 0. The lowest BCUT2D eigenvalue weighted by molar-refractivity contribution is 0.189. The molecule has 0 aliphatic carbocycles. The summed E-state index contributed by atoms with van der Waals surface area (Å²) in [5.41, 5.74) is 1.26. The summed E-state index contributed by atoms with van der Waals surface area (Å²) in [5.74, 6) is 0. The Labute approximate surface area is 107 Å². The van der Waals surface area contributed by atoms with E-state index in [1.165, 1.54) is 27.1 Å². The lowest BCUT2D eigenvalue weighted by Gasteiger charge is -2.05. The van der Waals surface area contributed by atoms with Crippen molar-refractivity contribution in [1.82, 2.24) is 0 Å². The zero-order valence-corrected chi connectivity index (χ0v) is 10.2. The lowest BCUT2D eigenvalue weighted by atomic mass is 10.0. The molecule has 18 heavy (non-hydrogen) atoms. The van der Waals surface area contributed by atoms with Crippen molar-refractivity contribution in [3.63, 3.8) is 0 Å². The van der Waals surface area contributed by atoms with Crippen LogP contribution >= 0.6 is 0 Å². The zero-order valence-electron chi connectivity index (χ0n) is 10.2. The summed E-state index contributed by atoms with van der Waals surface area (Å²) in [6.45, 7) is 0.00968. The van der Waals surface area contributed by atoms with Crippen LogP contribution in [0.3, 0.4) is 0 Å². The van der Waals surface area contributed by atoms with Crippen LogP contribution in [0.1, 0.15) is 12.0 Å². The predicted molar refractivity (Wildman–Crippen MR) is 75.3 cm³/mol. The zero-order chi connectivity index (χ0) is 12.4. The number of benzene rings is 3. The van der Waals surface area contributed by atoms with Gasteiger partial charge in [-0.2, -0.15) is 0 Å². The van der Waals surface area contributed by atoms with Crippen LogP contribution in [0.15, 0.2) is 54.6 Å². The fraction of sp³-hybridized carbons (Fsp3) is 0.176. The maximum absolute atomic E-state index is 10.5. The quantitative estimate of drug-likeness (QED) is 0.601. The second-order valence-corrected chi connectivity index (χ2v) is 4.69. The van der Waals surface area contributed by atoms with Crippen LogP contribution in [-0.4, -0.2) is 6.61 Å². The van der Waals surface area contributed by atoms with Gasteiger partial charge in [0.2, 0.25) is 0 Å². The van der Waals surface area contributed by atoms with E-state index in [0.717, 1.165) is 12.8 Å². The highest BCUT2D eigenvalue weighted by atomic mass is 16.2. The van der Waals surface area contributed by atoms with Gasteiger partial charge in [-0.1, -0.05) is 42.5 Å². The van der Waals surface area contributed by atoms with E-state index in [4.69, 9.17) is 0 Å². The third-order valence-electron chi connectivity index (χ3n) is 3.38. The Hall–Kier alpha value is -1.86. The maximum atomic E-state index is 10.5. The van der Waals surface area contributed by atoms with Crippen molar-refractivity contribution in [2.75, 3.05) is 6.61 Å². The van der Waals surface area contributed by atoms with Gasteiger partial charge in [0, 0.05) is 0 Å². The predicted octanol–water partition coefficient (Wildman–Crippen LogP) is 4.36. The third kappa shape index (κ3) is 2.09. The molecule has 1 heteroatoms. The maximum Gasteiger partial charge on any atom is 0.0825 e. The largest absolute Gasteiger partial charge is 0.237 e. The van der Waals surface area contributed by atoms with Gasteiger partial charge in [-0.25, -0.2) is 5.11 Å². The van der Waals surface area contributed by atoms with Crippen molar-refractivity contribution in [2.45, 2.75) is 12.8 Å². The van der Waals surface area contributed by atoms with Gasteiger partial charge < -0.3 is 0 Å². The minimum absolute atomic E-state index is 0.00968. The second kappa shape index (κ2) is 4.79. The third-order valence-corrected chi connectivity index (χ3v) is 3.38. The molecule has 1 nitrogen and oxygen atoms in total. The highest BCUT2D eigenvalue weighted by Gasteiger charge is 1.99. The fourth-order valence-electron chi connectivity index (χ4n) is 2.42. The summed E-state index contributed by atoms with van der Waals surface area (Å²) in [6.07, 6.45) is 1.60. The Morgan fingerprint density at radius 1 is 0.722 bits per heavy atom. The average Bonchev–Trinajstić information content (AvgIpc) is 2.42. The van der Waals surface area contributed by atoms with E-state index in [2.05, 4.69) is 54.6 Å². The van der Waals surface area contributed by atoms with Crippen LogP contribution in [0.25, 0.3) is 21.5 Å². The second-order valence-electron chi connectivity index (χ2n) is 4.69. The molecule has 0 saturated heterocycles. The van der Waals surface area contributed by atoms with Crippen molar-refractivity contribution in [3.8, 4) is 0 Å². The van der Waals surface area contributed by atoms with Gasteiger partial charge in [0.05, 0.1) is 6.61 Å². The van der Waals surface area contributed by atoms with E-state index in [1.54, 1.807) is 0 Å². The first-order chi connectivity index (χ1) is 8.86. The number of fused-ring (bicyclic) bond motifs is 2. The molecule has 0 unspecified atom stereocenters. The minimum Gasteiger partial charge on any atom is -0.237 e. The topological polar surface area (TPSA) is 19.9 Å². The lowest BCUT2D eigenvalue weighted by Crippen LogP contribution is -1.88. The van der Waals surface area contributed by atoms with Crippen molar-refractivity contribution < 1.29 is 5.11 Å². The molecule has 0 N–H and O–H groups in total. The molecule has 0 heterocycles. The van der Waals surface area contributed by atoms with E-state index in [-0.39, 0.29) is 6.61 Å². The molecule has 0 fully saturated rings. The Morgan fingerprint density at radius 3 is 2.11 bits per heavy atom. The van der Waals surface area contributed by atoms with E-state index in [0.29, 0.717) is 0 Å². The van der Waals surface area contributed by atoms with Crippen LogP contribution in [0.5, 0.6) is 0 Å². The smallest absolute Gasteiger partial charge is 0.0825 e. The molecule has 0 atom stereocenters. The molecule has 0 aliphatic rings. The molecule has 0 saturated carbocycles. The summed E-state index contributed by atoms with van der Waals surface area (Å²) < 4.78 is 0. The van der Waals surface area contributed by atoms with Gasteiger partial charge in [0.1, 0.15) is 0 Å². The van der Waals surface area contributed by atoms with Crippen molar-refractivity contribution in [2.24, 2.45) is 0 Å². The molecular weight excluding hydrogens is 220 g/mol. The Kier molecular flexibility index (Phi) is 2.99. The van der Waals surface area contributed by atoms with Gasteiger partial charge >= 0.3 is 0 Å². The van der Waals surface area contributed by atoms with Gasteiger partial charge in [0.25, 0.3) is 0 Å². The van der Waals surface area contributed by atoms with Gasteiger partial charge in [0.15, 0.2) is 0 Å². The molecule has 3 rings (SSSR count). The molecule has 0 amide bonds. The van der Waals surface area contributed by atoms with Crippen molar-refractivity contribution in [1.29, 1.82) is 0 Å². The molecule has 1 radical (unpaired) electrons. The monoisotopic (exact) mass is 235 g/mol. The summed E-state index contributed by atoms with van der Waals surface area (Å²) in [7, 11) is 0. The molecular formula is C17H15O. The van der Waals surface area contributed by atoms with E-state index in [9.17, 15) is 5.11 Å². The van der Waals surface area contributed by atoms with Crippen LogP contribution in [0.4, 0.5) is 0 Å². The number of aryl methyl sites for hydroxylation is 1. The van der Waals surface area contributed by atoms with E-state index < -0.39 is 0 Å². The molecule has 0 bridgehead atoms. The highest BCUT2D eigenvalue weighted by Crippen LogP contribution is 2.24. The van der Waals surface area contributed by atoms with Gasteiger partial charge in [-0.15, -0.1) is 0 Å². The minimum atomic E-state index is 0.00968. The summed E-state index contributed by atoms with van der Waals surface area (Å²) in [4.78, 5) is 0. The van der Waals surface area contributed by atoms with E-state index >= 15 is 0 Å². The summed E-state index contributed by atoms with van der Waals surface area (Å²) in [5, 5.41) is 15.6. The van der Waals surface area contributed by atoms with Gasteiger partial charge in [-0.3, -0.25) is 0 Å². The first-order valence-corrected chi connectivity index (χ1v) is 6.36. The first-order valence-electron chi connectivity index (χ1n) is 6.36. The van der Waals surface area contributed by atoms with Gasteiger partial charge in [-0.05, 0) is 52.1 Å². The Bertz CT molecular complexity index is 685. The SMILES string of the molecule is [O]CCCc1ccc2cc3ccccc3cc2c1. The Morgan fingerprint density at radius 2 is 1.39 bits per heavy atom. The molecule has 3 aromatic carbocycles. The first kappa shape index (κ1) is 11.2. The highest BCUT2D eigenvalue weighted by molar-refractivity contribution is 5.98. The van der Waals surface area contributed by atoms with Crippen molar-refractivity contribution >= 4 is 21.5 Å². The number of rotatable bonds is 3. The van der Waals surface area contributed by atoms with Crippen LogP contribution in [0.2, 0.25) is 0 Å². The normalized spacial score (nSPS) is 11.2. The fourth-order valence-corrected chi connectivity index (χ4v) is 2.42. The molecule has 3 aromatic rings. The average molecular weight is 235 g/mol. The van der Waals surface area contributed by atoms with Crippen LogP contribution < -0.4 is 0 Å². The number of hydrogen-bond donors (Lipinski definition) is 0. The number of hydrogen-bond acceptors (Lipinski definition) is 0. The van der Waals surface area contributed by atoms with E-state index in [1.807, 2.05) is 0 Å². The summed E-state index contributed by atoms with van der Waals surface area (Å²) in [6, 6.07) is 19.4. The van der Waals surface area contributed by atoms with Crippen LogP contribution in [0, 0.1) is 0 Å². The molecule has 0 spiro atoms. The van der Waals surface area contributed by atoms with Crippen LogP contribution in [-0.2, 0) is 11.5 Å². The molecule has 0 aliphatic heterocycles. The van der Waals surface area contributed by atoms with Crippen molar-refractivity contribution in [3.05, 3.63) is 60.2 Å². The molecule has 89 valence electrons. The molecule has 0 aromatic heterocycles.